The highest BCUT2D eigenvalue weighted by molar-refractivity contribution is 6.29. The number of aldehydes is 1. The zero-order valence-electron chi connectivity index (χ0n) is 9.54. The number of hydrogen-bond acceptors (Lipinski definition) is 5. The highest BCUT2D eigenvalue weighted by Gasteiger charge is 2.09. The van der Waals surface area contributed by atoms with E-state index in [9.17, 15) is 4.79 Å². The van der Waals surface area contributed by atoms with E-state index in [-0.39, 0.29) is 11.1 Å². The first-order chi connectivity index (χ1) is 8.61. The van der Waals surface area contributed by atoms with Crippen molar-refractivity contribution in [3.05, 3.63) is 34.7 Å². The van der Waals surface area contributed by atoms with Crippen molar-refractivity contribution < 1.29 is 4.79 Å². The molecule has 2 rings (SSSR count). The molecule has 0 bridgehead atoms. The minimum atomic E-state index is 0.0809. The van der Waals surface area contributed by atoms with Gasteiger partial charge < -0.3 is 5.73 Å². The SMILES string of the molecule is Cc1c(/C=C/C=O)cnn1-c1cc(Cl)nc(N)n1. The van der Waals surface area contributed by atoms with Gasteiger partial charge in [0, 0.05) is 11.6 Å². The predicted molar refractivity (Wildman–Crippen MR) is 68.4 cm³/mol. The summed E-state index contributed by atoms with van der Waals surface area (Å²) < 4.78 is 1.58. The second-order valence-electron chi connectivity index (χ2n) is 3.50. The van der Waals surface area contributed by atoms with Gasteiger partial charge in [-0.2, -0.15) is 10.1 Å². The molecule has 2 N–H and O–H groups in total. The van der Waals surface area contributed by atoms with Crippen LogP contribution in [-0.2, 0) is 4.79 Å². The fourth-order valence-corrected chi connectivity index (χ4v) is 1.68. The van der Waals surface area contributed by atoms with Crippen molar-refractivity contribution in [2.24, 2.45) is 0 Å². The smallest absolute Gasteiger partial charge is 0.223 e. The van der Waals surface area contributed by atoms with Crippen LogP contribution in [0, 0.1) is 6.92 Å². The molecule has 2 heterocycles. The number of nitrogens with two attached hydrogens (primary N) is 1. The molecule has 0 aliphatic rings. The number of aromatic nitrogens is 4. The maximum atomic E-state index is 10.3. The molecule has 0 saturated heterocycles. The van der Waals surface area contributed by atoms with Crippen LogP contribution in [0.3, 0.4) is 0 Å². The monoisotopic (exact) mass is 263 g/mol. The van der Waals surface area contributed by atoms with Crippen LogP contribution in [0.4, 0.5) is 5.95 Å². The maximum Gasteiger partial charge on any atom is 0.223 e. The van der Waals surface area contributed by atoms with E-state index in [1.54, 1.807) is 23.0 Å². The topological polar surface area (TPSA) is 86.7 Å². The van der Waals surface area contributed by atoms with Gasteiger partial charge in [0.15, 0.2) is 5.82 Å². The van der Waals surface area contributed by atoms with Gasteiger partial charge in [-0.05, 0) is 19.1 Å². The van der Waals surface area contributed by atoms with Crippen LogP contribution in [0.1, 0.15) is 11.3 Å². The molecule has 0 spiro atoms. The zero-order valence-corrected chi connectivity index (χ0v) is 10.3. The van der Waals surface area contributed by atoms with Gasteiger partial charge in [-0.15, -0.1) is 0 Å². The second-order valence-corrected chi connectivity index (χ2v) is 3.89. The summed E-state index contributed by atoms with van der Waals surface area (Å²) in [5, 5.41) is 4.41. The highest BCUT2D eigenvalue weighted by atomic mass is 35.5. The minimum absolute atomic E-state index is 0.0809. The van der Waals surface area contributed by atoms with E-state index >= 15 is 0 Å². The van der Waals surface area contributed by atoms with Crippen molar-refractivity contribution in [3.8, 4) is 5.82 Å². The number of hydrogen-bond donors (Lipinski definition) is 1. The molecule has 2 aromatic heterocycles. The Morgan fingerprint density at radius 1 is 1.44 bits per heavy atom. The van der Waals surface area contributed by atoms with Crippen molar-refractivity contribution in [1.82, 2.24) is 19.7 Å². The Balaban J connectivity index is 2.48. The number of allylic oxidation sites excluding steroid dienone is 1. The summed E-state index contributed by atoms with van der Waals surface area (Å²) in [4.78, 5) is 18.1. The molecular formula is C11H10ClN5O. The van der Waals surface area contributed by atoms with Gasteiger partial charge >= 0.3 is 0 Å². The van der Waals surface area contributed by atoms with E-state index in [0.29, 0.717) is 12.1 Å². The highest BCUT2D eigenvalue weighted by Crippen LogP contribution is 2.16. The van der Waals surface area contributed by atoms with Gasteiger partial charge in [-0.25, -0.2) is 9.67 Å². The fraction of sp³-hybridized carbons (Fsp3) is 0.0909. The number of anilines is 1. The predicted octanol–water partition coefficient (Wildman–Crippen LogP) is 1.42. The van der Waals surface area contributed by atoms with Crippen molar-refractivity contribution >= 4 is 29.9 Å². The first kappa shape index (κ1) is 12.3. The molecule has 0 atom stereocenters. The standard InChI is InChI=1S/C11H10ClN5O/c1-7-8(3-2-4-18)6-14-17(7)10-5-9(12)15-11(13)16-10/h2-6H,1H3,(H2,13,15,16)/b3-2+. The Morgan fingerprint density at radius 2 is 2.22 bits per heavy atom. The molecule has 6 nitrogen and oxygen atoms in total. The van der Waals surface area contributed by atoms with E-state index in [0.717, 1.165) is 11.3 Å². The van der Waals surface area contributed by atoms with E-state index in [4.69, 9.17) is 17.3 Å². The molecule has 0 aromatic carbocycles. The molecule has 7 heteroatoms. The lowest BCUT2D eigenvalue weighted by Crippen LogP contribution is -2.05. The summed E-state index contributed by atoms with van der Waals surface area (Å²) >= 11 is 5.81. The van der Waals surface area contributed by atoms with Crippen LogP contribution in [0.15, 0.2) is 18.3 Å². The third-order valence-corrected chi connectivity index (χ3v) is 2.51. The van der Waals surface area contributed by atoms with Crippen LogP contribution in [0.2, 0.25) is 5.15 Å². The Kier molecular flexibility index (Phi) is 3.38. The third-order valence-electron chi connectivity index (χ3n) is 2.32. The molecule has 0 aliphatic carbocycles. The molecule has 0 unspecified atom stereocenters. The molecule has 0 saturated carbocycles. The number of rotatable bonds is 3. The van der Waals surface area contributed by atoms with Crippen molar-refractivity contribution in [1.29, 1.82) is 0 Å². The lowest BCUT2D eigenvalue weighted by molar-refractivity contribution is -0.104. The summed E-state index contributed by atoms with van der Waals surface area (Å²) in [5.41, 5.74) is 7.16. The number of nitrogen functional groups attached to an aromatic ring is 1. The quantitative estimate of drug-likeness (QED) is 0.514. The summed E-state index contributed by atoms with van der Waals surface area (Å²) in [7, 11) is 0. The van der Waals surface area contributed by atoms with Gasteiger partial charge in [-0.3, -0.25) is 4.79 Å². The number of nitrogens with zero attached hydrogens (tertiary/aromatic N) is 4. The summed E-state index contributed by atoms with van der Waals surface area (Å²) in [6.45, 7) is 1.85. The fourth-order valence-electron chi connectivity index (χ4n) is 1.49. The van der Waals surface area contributed by atoms with Crippen molar-refractivity contribution in [2.75, 3.05) is 5.73 Å². The van der Waals surface area contributed by atoms with Gasteiger partial charge in [-0.1, -0.05) is 11.6 Å². The van der Waals surface area contributed by atoms with Crippen LogP contribution in [0.5, 0.6) is 0 Å². The Labute approximate surface area is 108 Å². The van der Waals surface area contributed by atoms with Crippen molar-refractivity contribution in [2.45, 2.75) is 6.92 Å². The molecule has 0 fully saturated rings. The molecule has 0 amide bonds. The Bertz CT molecular complexity index is 600. The molecule has 18 heavy (non-hydrogen) atoms. The zero-order chi connectivity index (χ0) is 13.1. The molecular weight excluding hydrogens is 254 g/mol. The first-order valence-corrected chi connectivity index (χ1v) is 5.46. The number of halogens is 1. The number of carbonyl (C=O) groups is 1. The maximum absolute atomic E-state index is 10.3. The first-order valence-electron chi connectivity index (χ1n) is 5.08. The molecule has 2 aromatic rings. The van der Waals surface area contributed by atoms with E-state index in [1.165, 1.54) is 6.08 Å². The molecule has 92 valence electrons. The van der Waals surface area contributed by atoms with E-state index < -0.39 is 0 Å². The Morgan fingerprint density at radius 3 is 2.89 bits per heavy atom. The second kappa shape index (κ2) is 4.97. The van der Waals surface area contributed by atoms with Crippen molar-refractivity contribution in [3.63, 3.8) is 0 Å². The minimum Gasteiger partial charge on any atom is -0.368 e. The largest absolute Gasteiger partial charge is 0.368 e. The van der Waals surface area contributed by atoms with Gasteiger partial charge in [0.1, 0.15) is 11.4 Å². The van der Waals surface area contributed by atoms with E-state index in [1.807, 2.05) is 6.92 Å². The van der Waals surface area contributed by atoms with Gasteiger partial charge in [0.2, 0.25) is 5.95 Å². The van der Waals surface area contributed by atoms with Crippen LogP contribution in [-0.4, -0.2) is 26.0 Å². The van der Waals surface area contributed by atoms with Crippen LogP contribution in [0.25, 0.3) is 11.9 Å². The third kappa shape index (κ3) is 2.38. The summed E-state index contributed by atoms with van der Waals surface area (Å²) in [5.74, 6) is 0.563. The lowest BCUT2D eigenvalue weighted by Gasteiger charge is -2.04. The van der Waals surface area contributed by atoms with Crippen LogP contribution < -0.4 is 5.73 Å². The summed E-state index contributed by atoms with van der Waals surface area (Å²) in [6, 6.07) is 1.56. The Hall–Kier alpha value is -2.21. The van der Waals surface area contributed by atoms with Gasteiger partial charge in [0.05, 0.1) is 11.9 Å². The lowest BCUT2D eigenvalue weighted by atomic mass is 10.2. The molecule has 0 aliphatic heterocycles. The molecule has 0 radical (unpaired) electrons. The van der Waals surface area contributed by atoms with Gasteiger partial charge in [0.25, 0.3) is 0 Å². The van der Waals surface area contributed by atoms with Crippen LogP contribution >= 0.6 is 11.6 Å². The number of carbonyl (C=O) groups excluding carboxylic acids is 1. The average Bonchev–Trinajstić information content (AvgIpc) is 2.67. The average molecular weight is 264 g/mol. The summed E-state index contributed by atoms with van der Waals surface area (Å²) in [6.07, 6.45) is 5.39. The van der Waals surface area contributed by atoms with E-state index in [2.05, 4.69) is 15.1 Å². The normalized spacial score (nSPS) is 11.0.